The number of hydrogen-bond donors (Lipinski definition) is 1. The van der Waals surface area contributed by atoms with E-state index in [4.69, 9.17) is 11.6 Å². The van der Waals surface area contributed by atoms with Gasteiger partial charge in [-0.25, -0.2) is 0 Å². The van der Waals surface area contributed by atoms with E-state index >= 15 is 0 Å². The summed E-state index contributed by atoms with van der Waals surface area (Å²) in [6, 6.07) is 14.8. The van der Waals surface area contributed by atoms with Crippen LogP contribution in [0, 0.1) is 10.1 Å². The highest BCUT2D eigenvalue weighted by Crippen LogP contribution is 2.31. The van der Waals surface area contributed by atoms with Crippen LogP contribution in [0.1, 0.15) is 17.2 Å². The zero-order chi connectivity index (χ0) is 16.2. The van der Waals surface area contributed by atoms with E-state index in [1.165, 1.54) is 0 Å². The van der Waals surface area contributed by atoms with Gasteiger partial charge in [0.05, 0.1) is 4.92 Å². The molecule has 1 N–H and O–H groups in total. The topological polar surface area (TPSA) is 58.4 Å². The molecule has 0 spiro atoms. The first kappa shape index (κ1) is 18.7. The SMILES string of the molecule is Cl.O=[N+]([O-])c1ccccc1CN1CCNCC1c1ccccc1Cl. The molecule has 1 saturated heterocycles. The Hall–Kier alpha value is -1.66. The highest BCUT2D eigenvalue weighted by atomic mass is 35.5. The van der Waals surface area contributed by atoms with E-state index in [1.807, 2.05) is 36.4 Å². The number of rotatable bonds is 4. The first-order valence-electron chi connectivity index (χ1n) is 7.58. The fourth-order valence-corrected chi connectivity index (χ4v) is 3.29. The van der Waals surface area contributed by atoms with E-state index in [2.05, 4.69) is 10.2 Å². The Morgan fingerprint density at radius 3 is 2.67 bits per heavy atom. The van der Waals surface area contributed by atoms with Gasteiger partial charge >= 0.3 is 0 Å². The summed E-state index contributed by atoms with van der Waals surface area (Å²) in [6.45, 7) is 3.00. The third-order valence-electron chi connectivity index (χ3n) is 4.18. The maximum absolute atomic E-state index is 11.2. The number of nitrogens with zero attached hydrogens (tertiary/aromatic N) is 2. The summed E-state index contributed by atoms with van der Waals surface area (Å²) >= 11 is 6.34. The van der Waals surface area contributed by atoms with E-state index in [0.717, 1.165) is 35.8 Å². The fraction of sp³-hybridized carbons (Fsp3) is 0.294. The Morgan fingerprint density at radius 1 is 1.21 bits per heavy atom. The van der Waals surface area contributed by atoms with E-state index in [-0.39, 0.29) is 29.1 Å². The molecular formula is C17H19Cl2N3O2. The highest BCUT2D eigenvalue weighted by molar-refractivity contribution is 6.31. The van der Waals surface area contributed by atoms with Crippen LogP contribution < -0.4 is 5.32 Å². The van der Waals surface area contributed by atoms with Crippen molar-refractivity contribution in [2.45, 2.75) is 12.6 Å². The van der Waals surface area contributed by atoms with Crippen molar-refractivity contribution < 1.29 is 4.92 Å². The molecule has 0 aliphatic carbocycles. The molecule has 1 atom stereocenters. The summed E-state index contributed by atoms with van der Waals surface area (Å²) in [7, 11) is 0. The van der Waals surface area contributed by atoms with Crippen LogP contribution in [0.15, 0.2) is 48.5 Å². The number of piperazine rings is 1. The van der Waals surface area contributed by atoms with Crippen LogP contribution in [0.3, 0.4) is 0 Å². The van der Waals surface area contributed by atoms with Crippen molar-refractivity contribution in [2.24, 2.45) is 0 Å². The largest absolute Gasteiger partial charge is 0.314 e. The van der Waals surface area contributed by atoms with Gasteiger partial charge in [-0.3, -0.25) is 15.0 Å². The average Bonchev–Trinajstić information content (AvgIpc) is 2.56. The van der Waals surface area contributed by atoms with Crippen LogP contribution >= 0.6 is 24.0 Å². The van der Waals surface area contributed by atoms with Crippen molar-refractivity contribution in [3.8, 4) is 0 Å². The van der Waals surface area contributed by atoms with Crippen molar-refractivity contribution in [1.29, 1.82) is 0 Å². The van der Waals surface area contributed by atoms with Gasteiger partial charge in [-0.15, -0.1) is 12.4 Å². The van der Waals surface area contributed by atoms with Gasteiger partial charge in [-0.05, 0) is 11.6 Å². The van der Waals surface area contributed by atoms with Crippen LogP contribution in [0.25, 0.3) is 0 Å². The van der Waals surface area contributed by atoms with Crippen molar-refractivity contribution in [3.63, 3.8) is 0 Å². The van der Waals surface area contributed by atoms with Gasteiger partial charge < -0.3 is 5.32 Å². The first-order chi connectivity index (χ1) is 11.2. The van der Waals surface area contributed by atoms with Gasteiger partial charge in [0.1, 0.15) is 0 Å². The van der Waals surface area contributed by atoms with Crippen LogP contribution in [-0.4, -0.2) is 29.5 Å². The first-order valence-corrected chi connectivity index (χ1v) is 7.96. The number of nitro benzene ring substituents is 1. The molecule has 1 aliphatic heterocycles. The van der Waals surface area contributed by atoms with Crippen molar-refractivity contribution in [1.82, 2.24) is 10.2 Å². The third kappa shape index (κ3) is 4.05. The molecule has 0 saturated carbocycles. The summed E-state index contributed by atoms with van der Waals surface area (Å²) in [6.07, 6.45) is 0. The van der Waals surface area contributed by atoms with Crippen molar-refractivity contribution >= 4 is 29.7 Å². The molecule has 0 radical (unpaired) electrons. The van der Waals surface area contributed by atoms with Crippen LogP contribution in [-0.2, 0) is 6.54 Å². The number of para-hydroxylation sites is 1. The van der Waals surface area contributed by atoms with Gasteiger partial charge in [0.2, 0.25) is 0 Å². The molecule has 0 amide bonds. The number of nitro groups is 1. The lowest BCUT2D eigenvalue weighted by Crippen LogP contribution is -2.45. The predicted molar refractivity (Wildman–Crippen MR) is 97.8 cm³/mol. The minimum absolute atomic E-state index is 0. The second-order valence-electron chi connectivity index (χ2n) is 5.60. The molecule has 2 aromatic rings. The van der Waals surface area contributed by atoms with E-state index in [0.29, 0.717) is 6.54 Å². The molecule has 7 heteroatoms. The quantitative estimate of drug-likeness (QED) is 0.659. The molecule has 1 unspecified atom stereocenters. The van der Waals surface area contributed by atoms with Crippen LogP contribution in [0.5, 0.6) is 0 Å². The number of halogens is 2. The Morgan fingerprint density at radius 2 is 1.92 bits per heavy atom. The summed E-state index contributed by atoms with van der Waals surface area (Å²) < 4.78 is 0. The van der Waals surface area contributed by atoms with Crippen molar-refractivity contribution in [3.05, 3.63) is 74.8 Å². The molecule has 0 bridgehead atoms. The van der Waals surface area contributed by atoms with Gasteiger partial charge in [0.15, 0.2) is 0 Å². The molecule has 1 aliphatic rings. The monoisotopic (exact) mass is 367 g/mol. The molecule has 2 aromatic carbocycles. The van der Waals surface area contributed by atoms with Gasteiger partial charge in [0, 0.05) is 48.9 Å². The number of hydrogen-bond acceptors (Lipinski definition) is 4. The lowest BCUT2D eigenvalue weighted by molar-refractivity contribution is -0.385. The normalized spacial score (nSPS) is 18.0. The molecular weight excluding hydrogens is 349 g/mol. The molecule has 0 aromatic heterocycles. The fourth-order valence-electron chi connectivity index (χ4n) is 3.03. The summed E-state index contributed by atoms with van der Waals surface area (Å²) in [5.41, 5.74) is 1.96. The van der Waals surface area contributed by atoms with Gasteiger partial charge in [0.25, 0.3) is 5.69 Å². The molecule has 5 nitrogen and oxygen atoms in total. The molecule has 128 valence electrons. The third-order valence-corrected chi connectivity index (χ3v) is 4.52. The minimum Gasteiger partial charge on any atom is -0.314 e. The smallest absolute Gasteiger partial charge is 0.273 e. The van der Waals surface area contributed by atoms with Gasteiger partial charge in [-0.2, -0.15) is 0 Å². The maximum atomic E-state index is 11.2. The zero-order valence-electron chi connectivity index (χ0n) is 13.0. The Kier molecular flexibility index (Phi) is 6.57. The second kappa shape index (κ2) is 8.44. The van der Waals surface area contributed by atoms with Gasteiger partial charge in [-0.1, -0.05) is 48.0 Å². The molecule has 24 heavy (non-hydrogen) atoms. The molecule has 3 rings (SSSR count). The summed E-state index contributed by atoms with van der Waals surface area (Å²) in [5, 5.41) is 15.3. The molecule has 1 heterocycles. The Bertz CT molecular complexity index is 712. The van der Waals surface area contributed by atoms with E-state index < -0.39 is 0 Å². The van der Waals surface area contributed by atoms with E-state index in [9.17, 15) is 10.1 Å². The maximum Gasteiger partial charge on any atom is 0.273 e. The lowest BCUT2D eigenvalue weighted by atomic mass is 10.0. The van der Waals surface area contributed by atoms with E-state index in [1.54, 1.807) is 12.1 Å². The summed E-state index contributed by atoms with van der Waals surface area (Å²) in [4.78, 5) is 13.2. The Balaban J connectivity index is 0.00000208. The zero-order valence-corrected chi connectivity index (χ0v) is 14.6. The predicted octanol–water partition coefficient (Wildman–Crippen LogP) is 3.82. The van der Waals surface area contributed by atoms with Crippen molar-refractivity contribution in [2.75, 3.05) is 19.6 Å². The van der Waals surface area contributed by atoms with Crippen LogP contribution in [0.2, 0.25) is 5.02 Å². The average molecular weight is 368 g/mol. The number of nitrogens with one attached hydrogen (secondary N) is 1. The standard InChI is InChI=1S/C17H18ClN3O2.ClH/c18-15-7-3-2-6-14(15)17-11-19-9-10-20(17)12-13-5-1-4-8-16(13)21(22)23;/h1-8,17,19H,9-12H2;1H. The molecule has 1 fully saturated rings. The Labute approximate surface area is 152 Å². The van der Waals surface area contributed by atoms with Crippen LogP contribution in [0.4, 0.5) is 5.69 Å². The second-order valence-corrected chi connectivity index (χ2v) is 6.00. The summed E-state index contributed by atoms with van der Waals surface area (Å²) in [5.74, 6) is 0. The number of benzene rings is 2. The lowest BCUT2D eigenvalue weighted by Gasteiger charge is -2.36. The highest BCUT2D eigenvalue weighted by Gasteiger charge is 2.27. The minimum atomic E-state index is -0.317.